The number of benzene rings is 1. The minimum Gasteiger partial charge on any atom is -0.369 e. The van der Waals surface area contributed by atoms with E-state index < -0.39 is 18.4 Å². The molecule has 0 fully saturated rings. The van der Waals surface area contributed by atoms with E-state index in [2.05, 4.69) is 10.2 Å². The second-order valence-electron chi connectivity index (χ2n) is 8.43. The summed E-state index contributed by atoms with van der Waals surface area (Å²) in [6.45, 7) is 5.34. The summed E-state index contributed by atoms with van der Waals surface area (Å²) in [4.78, 5) is 19.2. The minimum absolute atomic E-state index is 0.267. The Bertz CT molecular complexity index is 869. The van der Waals surface area contributed by atoms with Crippen LogP contribution in [0.2, 0.25) is 0 Å². The van der Waals surface area contributed by atoms with Crippen LogP contribution < -0.4 is 16.0 Å². The van der Waals surface area contributed by atoms with E-state index in [-0.39, 0.29) is 11.8 Å². The smallest absolute Gasteiger partial charge is 0.237 e. The molecular weight excluding hydrogens is 453 g/mol. The Balaban J connectivity index is 2.13. The van der Waals surface area contributed by atoms with Crippen molar-refractivity contribution in [2.45, 2.75) is 51.5 Å². The quantitative estimate of drug-likeness (QED) is 0.253. The number of imidazole rings is 1. The average Bonchev–Trinajstić information content (AvgIpc) is 3.05. The highest BCUT2D eigenvalue weighted by Crippen LogP contribution is 2.23. The number of nitrogens with zero attached hydrogens (tertiary/aromatic N) is 3. The number of nitrogens with two attached hydrogens (primary N) is 1. The number of aliphatic hydroxyl groups is 2. The van der Waals surface area contributed by atoms with E-state index in [1.165, 1.54) is 0 Å². The highest BCUT2D eigenvalue weighted by Gasteiger charge is 2.24. The average molecular weight is 488 g/mol. The van der Waals surface area contributed by atoms with Gasteiger partial charge in [-0.2, -0.15) is 0 Å². The van der Waals surface area contributed by atoms with Gasteiger partial charge in [-0.15, -0.1) is 23.2 Å². The van der Waals surface area contributed by atoms with Gasteiger partial charge in [0.2, 0.25) is 5.91 Å². The summed E-state index contributed by atoms with van der Waals surface area (Å²) >= 11 is 11.8. The molecule has 0 unspecified atom stereocenters. The zero-order valence-corrected chi connectivity index (χ0v) is 20.5. The molecule has 5 N–H and O–H groups in total. The number of rotatable bonds is 13. The Morgan fingerprint density at radius 2 is 1.91 bits per heavy atom. The second kappa shape index (κ2) is 12.6. The number of anilines is 1. The van der Waals surface area contributed by atoms with Crippen LogP contribution in [0, 0.1) is 5.92 Å². The zero-order valence-electron chi connectivity index (χ0n) is 19.0. The Hall–Kier alpha value is -1.58. The Morgan fingerprint density at radius 3 is 2.47 bits per heavy atom. The van der Waals surface area contributed by atoms with Gasteiger partial charge in [0.25, 0.3) is 0 Å². The number of hydrogen-bond donors (Lipinski definition) is 4. The molecule has 10 heteroatoms. The van der Waals surface area contributed by atoms with Gasteiger partial charge < -0.3 is 30.7 Å². The number of nitrogens with one attached hydrogen (secondary N) is 1. The number of aliphatic hydroxyl groups excluding tert-OH is 1. The minimum atomic E-state index is -1.69. The van der Waals surface area contributed by atoms with Gasteiger partial charge in [0, 0.05) is 44.0 Å². The van der Waals surface area contributed by atoms with Gasteiger partial charge in [0.1, 0.15) is 5.82 Å². The summed E-state index contributed by atoms with van der Waals surface area (Å²) in [6.07, 6.45) is -0.397. The van der Waals surface area contributed by atoms with E-state index in [0.717, 1.165) is 22.5 Å². The van der Waals surface area contributed by atoms with Gasteiger partial charge in [-0.25, -0.2) is 4.98 Å². The summed E-state index contributed by atoms with van der Waals surface area (Å²) in [5.74, 6) is 1.66. The third kappa shape index (κ3) is 7.22. The number of amides is 1. The molecule has 2 rings (SSSR count). The molecule has 180 valence electrons. The number of aryl methyl sites for hydroxylation is 2. The molecule has 0 aliphatic heterocycles. The predicted octanol–water partition coefficient (Wildman–Crippen LogP) is 1.96. The van der Waals surface area contributed by atoms with Gasteiger partial charge >= 0.3 is 0 Å². The predicted molar refractivity (Wildman–Crippen MR) is 130 cm³/mol. The standard InChI is InChI=1S/C22H35Cl2N5O3/c1-14(2)12-16(25)21(30)27-17(22(31)32)5-7-20-26-18-13-15(4-6-19(18)28(20)3)29(10-8-23)11-9-24/h4,6,13-14,16-17,22,31-32H,5,7-12,25H2,1-3H3,(H,27,30)/t16-,17-/m0/s1. The van der Waals surface area contributed by atoms with E-state index in [1.807, 2.05) is 43.7 Å². The molecule has 0 radical (unpaired) electrons. The monoisotopic (exact) mass is 487 g/mol. The van der Waals surface area contributed by atoms with Crippen LogP contribution in [-0.4, -0.2) is 68.9 Å². The Kier molecular flexibility index (Phi) is 10.5. The van der Waals surface area contributed by atoms with E-state index in [4.69, 9.17) is 33.9 Å². The van der Waals surface area contributed by atoms with E-state index in [0.29, 0.717) is 44.1 Å². The molecule has 1 heterocycles. The number of hydrogen-bond acceptors (Lipinski definition) is 6. The number of carbonyl (C=O) groups excluding carboxylic acids is 1. The molecule has 32 heavy (non-hydrogen) atoms. The Labute approximate surface area is 199 Å². The number of alkyl halides is 2. The molecular formula is C22H35Cl2N5O3. The van der Waals surface area contributed by atoms with E-state index in [9.17, 15) is 15.0 Å². The summed E-state index contributed by atoms with van der Waals surface area (Å²) < 4.78 is 1.97. The van der Waals surface area contributed by atoms with Crippen LogP contribution in [0.15, 0.2) is 18.2 Å². The lowest BCUT2D eigenvalue weighted by Crippen LogP contribution is -2.50. The molecule has 2 aromatic rings. The normalized spacial score (nSPS) is 13.7. The van der Waals surface area contributed by atoms with Crippen LogP contribution in [0.1, 0.15) is 32.5 Å². The molecule has 0 saturated heterocycles. The first-order valence-corrected chi connectivity index (χ1v) is 12.0. The molecule has 0 aliphatic carbocycles. The van der Waals surface area contributed by atoms with E-state index >= 15 is 0 Å². The number of aromatic nitrogens is 2. The fourth-order valence-electron chi connectivity index (χ4n) is 3.72. The van der Waals surface area contributed by atoms with Crippen molar-refractivity contribution in [2.24, 2.45) is 18.7 Å². The third-order valence-corrected chi connectivity index (χ3v) is 5.80. The number of halogens is 2. The first kappa shape index (κ1) is 26.7. The van der Waals surface area contributed by atoms with Crippen LogP contribution in [0.25, 0.3) is 11.0 Å². The molecule has 0 bridgehead atoms. The molecule has 0 spiro atoms. The van der Waals surface area contributed by atoms with Crippen LogP contribution in [0.4, 0.5) is 5.69 Å². The highest BCUT2D eigenvalue weighted by atomic mass is 35.5. The maximum Gasteiger partial charge on any atom is 0.237 e. The topological polar surface area (TPSA) is 117 Å². The van der Waals surface area contributed by atoms with Crippen molar-refractivity contribution in [3.8, 4) is 0 Å². The van der Waals surface area contributed by atoms with Gasteiger partial charge in [0.05, 0.1) is 23.1 Å². The van der Waals surface area contributed by atoms with Crippen LogP contribution in [0.3, 0.4) is 0 Å². The first-order valence-electron chi connectivity index (χ1n) is 10.9. The van der Waals surface area contributed by atoms with Crippen LogP contribution in [-0.2, 0) is 18.3 Å². The fourth-order valence-corrected chi connectivity index (χ4v) is 4.13. The van der Waals surface area contributed by atoms with Gasteiger partial charge in [0.15, 0.2) is 6.29 Å². The molecule has 0 saturated carbocycles. The summed E-state index contributed by atoms with van der Waals surface area (Å²) in [6, 6.07) is 4.50. The molecule has 2 atom stereocenters. The Morgan fingerprint density at radius 1 is 1.25 bits per heavy atom. The zero-order chi connectivity index (χ0) is 23.8. The molecule has 8 nitrogen and oxygen atoms in total. The number of carbonyl (C=O) groups is 1. The first-order chi connectivity index (χ1) is 15.2. The lowest BCUT2D eigenvalue weighted by atomic mass is 10.0. The largest absolute Gasteiger partial charge is 0.369 e. The molecule has 0 aliphatic rings. The van der Waals surface area contributed by atoms with Crippen molar-refractivity contribution < 1.29 is 15.0 Å². The molecule has 1 amide bonds. The fraction of sp³-hybridized carbons (Fsp3) is 0.636. The summed E-state index contributed by atoms with van der Waals surface area (Å²) in [7, 11) is 1.92. The summed E-state index contributed by atoms with van der Waals surface area (Å²) in [5.41, 5.74) is 8.71. The second-order valence-corrected chi connectivity index (χ2v) is 9.18. The van der Waals surface area contributed by atoms with Gasteiger partial charge in [-0.1, -0.05) is 13.8 Å². The third-order valence-electron chi connectivity index (χ3n) is 5.46. The van der Waals surface area contributed by atoms with Gasteiger partial charge in [-0.3, -0.25) is 4.79 Å². The highest BCUT2D eigenvalue weighted by molar-refractivity contribution is 6.18. The molecule has 1 aromatic heterocycles. The number of fused-ring (bicyclic) bond motifs is 1. The van der Waals surface area contributed by atoms with Crippen molar-refractivity contribution in [1.82, 2.24) is 14.9 Å². The van der Waals surface area contributed by atoms with Gasteiger partial charge in [-0.05, 0) is 37.0 Å². The van der Waals surface area contributed by atoms with Crippen molar-refractivity contribution in [1.29, 1.82) is 0 Å². The SMILES string of the molecule is CC(C)C[C@H](N)C(=O)N[C@@H](CCc1nc2cc(N(CCCl)CCCl)ccc2n1C)C(O)O. The maximum atomic E-state index is 12.3. The van der Waals surface area contributed by atoms with Crippen molar-refractivity contribution >= 4 is 45.8 Å². The van der Waals surface area contributed by atoms with E-state index in [1.54, 1.807) is 0 Å². The van der Waals surface area contributed by atoms with Crippen molar-refractivity contribution in [2.75, 3.05) is 29.7 Å². The van der Waals surface area contributed by atoms with Crippen LogP contribution in [0.5, 0.6) is 0 Å². The lowest BCUT2D eigenvalue weighted by molar-refractivity contribution is -0.128. The van der Waals surface area contributed by atoms with Crippen molar-refractivity contribution in [3.63, 3.8) is 0 Å². The van der Waals surface area contributed by atoms with Crippen molar-refractivity contribution in [3.05, 3.63) is 24.0 Å². The van der Waals surface area contributed by atoms with Crippen LogP contribution >= 0.6 is 23.2 Å². The maximum absolute atomic E-state index is 12.3. The molecule has 1 aromatic carbocycles. The summed E-state index contributed by atoms with van der Waals surface area (Å²) in [5, 5.41) is 22.2. The lowest BCUT2D eigenvalue weighted by Gasteiger charge is -2.23.